The molecule has 3 rings (SSSR count). The fourth-order valence-corrected chi connectivity index (χ4v) is 3.24. The van der Waals surface area contributed by atoms with Crippen molar-refractivity contribution in [2.24, 2.45) is 5.92 Å². The van der Waals surface area contributed by atoms with Gasteiger partial charge in [-0.2, -0.15) is 0 Å². The highest BCUT2D eigenvalue weighted by Crippen LogP contribution is 2.29. The van der Waals surface area contributed by atoms with Gasteiger partial charge in [-0.05, 0) is 24.8 Å². The Labute approximate surface area is 123 Å². The topological polar surface area (TPSA) is 83.8 Å². The van der Waals surface area contributed by atoms with Gasteiger partial charge in [0.15, 0.2) is 0 Å². The summed E-state index contributed by atoms with van der Waals surface area (Å²) in [7, 11) is 0. The molecule has 0 amide bonds. The van der Waals surface area contributed by atoms with Crippen LogP contribution in [0.1, 0.15) is 39.0 Å². The van der Waals surface area contributed by atoms with Crippen molar-refractivity contribution in [1.82, 2.24) is 9.97 Å². The van der Waals surface area contributed by atoms with E-state index in [-0.39, 0.29) is 10.6 Å². The first-order valence-electron chi connectivity index (χ1n) is 7.58. The Morgan fingerprint density at radius 3 is 3.00 bits per heavy atom. The predicted molar refractivity (Wildman–Crippen MR) is 82.4 cm³/mol. The van der Waals surface area contributed by atoms with Crippen molar-refractivity contribution < 1.29 is 4.92 Å². The van der Waals surface area contributed by atoms with Crippen molar-refractivity contribution in [3.05, 3.63) is 28.3 Å². The summed E-state index contributed by atoms with van der Waals surface area (Å²) in [5.41, 5.74) is 1.55. The number of nitrogens with zero attached hydrogens (tertiary/aromatic N) is 2. The van der Waals surface area contributed by atoms with E-state index in [2.05, 4.69) is 22.2 Å². The number of aromatic amines is 1. The van der Waals surface area contributed by atoms with Gasteiger partial charge in [-0.25, -0.2) is 4.98 Å². The molecule has 0 saturated heterocycles. The minimum Gasteiger partial charge on any atom is -0.353 e. The molecular weight excluding hydrogens is 268 g/mol. The van der Waals surface area contributed by atoms with E-state index in [0.717, 1.165) is 17.9 Å². The molecule has 1 aromatic carbocycles. The molecule has 2 N–H and O–H groups in total. The predicted octanol–water partition coefficient (Wildman–Crippen LogP) is 3.85. The lowest BCUT2D eigenvalue weighted by atomic mass is 9.83. The number of H-pyrrole nitrogens is 1. The van der Waals surface area contributed by atoms with E-state index in [0.29, 0.717) is 17.5 Å². The molecule has 112 valence electrons. The summed E-state index contributed by atoms with van der Waals surface area (Å²) in [5.74, 6) is 1.40. The number of nitro benzene ring substituents is 1. The average Bonchev–Trinajstić information content (AvgIpc) is 2.89. The number of imidazole rings is 1. The normalized spacial score (nSPS) is 22.3. The molecule has 0 aliphatic heterocycles. The molecule has 6 nitrogen and oxygen atoms in total. The van der Waals surface area contributed by atoms with E-state index in [1.807, 2.05) is 0 Å². The second-order valence-electron chi connectivity index (χ2n) is 5.75. The molecule has 0 spiro atoms. The Balaban J connectivity index is 1.82. The molecule has 2 atom stereocenters. The van der Waals surface area contributed by atoms with E-state index >= 15 is 0 Å². The minimum atomic E-state index is -0.387. The molecule has 1 aliphatic carbocycles. The van der Waals surface area contributed by atoms with Crippen molar-refractivity contribution in [2.75, 3.05) is 5.32 Å². The zero-order valence-electron chi connectivity index (χ0n) is 12.1. The monoisotopic (exact) mass is 288 g/mol. The van der Waals surface area contributed by atoms with Crippen molar-refractivity contribution in [3.8, 4) is 0 Å². The minimum absolute atomic E-state index is 0.0850. The van der Waals surface area contributed by atoms with Crippen LogP contribution in [-0.4, -0.2) is 20.9 Å². The smallest absolute Gasteiger partial charge is 0.271 e. The number of fused-ring (bicyclic) bond motifs is 1. The Hall–Kier alpha value is -2.11. The van der Waals surface area contributed by atoms with Crippen LogP contribution in [0.2, 0.25) is 0 Å². The Morgan fingerprint density at radius 2 is 2.24 bits per heavy atom. The molecule has 2 aromatic rings. The second-order valence-corrected chi connectivity index (χ2v) is 5.75. The largest absolute Gasteiger partial charge is 0.353 e. The van der Waals surface area contributed by atoms with Crippen LogP contribution in [0.5, 0.6) is 0 Å². The Kier molecular flexibility index (Phi) is 3.77. The number of hydrogen-bond donors (Lipinski definition) is 2. The highest BCUT2D eigenvalue weighted by molar-refractivity contribution is 5.79. The molecule has 1 fully saturated rings. The zero-order valence-corrected chi connectivity index (χ0v) is 12.1. The molecule has 21 heavy (non-hydrogen) atoms. The van der Waals surface area contributed by atoms with E-state index < -0.39 is 0 Å². The van der Waals surface area contributed by atoms with Gasteiger partial charge in [-0.15, -0.1) is 0 Å². The fraction of sp³-hybridized carbons (Fsp3) is 0.533. The van der Waals surface area contributed by atoms with E-state index in [1.54, 1.807) is 6.07 Å². The quantitative estimate of drug-likeness (QED) is 0.661. The first-order chi connectivity index (χ1) is 10.2. The van der Waals surface area contributed by atoms with Crippen LogP contribution in [0.3, 0.4) is 0 Å². The summed E-state index contributed by atoms with van der Waals surface area (Å²) in [6.45, 7) is 2.23. The van der Waals surface area contributed by atoms with Gasteiger partial charge >= 0.3 is 0 Å². The Bertz CT molecular complexity index is 652. The summed E-state index contributed by atoms with van der Waals surface area (Å²) in [4.78, 5) is 18.1. The highest BCUT2D eigenvalue weighted by atomic mass is 16.6. The van der Waals surface area contributed by atoms with Gasteiger partial charge in [0, 0.05) is 18.2 Å². The number of rotatable bonds is 4. The lowest BCUT2D eigenvalue weighted by molar-refractivity contribution is -0.384. The summed E-state index contributed by atoms with van der Waals surface area (Å²) in [5, 5.41) is 14.3. The maximum absolute atomic E-state index is 10.8. The van der Waals surface area contributed by atoms with Gasteiger partial charge in [0.25, 0.3) is 5.69 Å². The number of aromatic nitrogens is 2. The molecule has 1 aromatic heterocycles. The number of hydrogen-bond acceptors (Lipinski definition) is 4. The highest BCUT2D eigenvalue weighted by Gasteiger charge is 2.24. The first-order valence-corrected chi connectivity index (χ1v) is 7.58. The molecule has 2 unspecified atom stereocenters. The molecule has 0 radical (unpaired) electrons. The van der Waals surface area contributed by atoms with Crippen LogP contribution in [0, 0.1) is 16.0 Å². The van der Waals surface area contributed by atoms with Crippen molar-refractivity contribution in [1.29, 1.82) is 0 Å². The number of nitro groups is 1. The number of anilines is 1. The summed E-state index contributed by atoms with van der Waals surface area (Å²) in [6, 6.07) is 5.15. The van der Waals surface area contributed by atoms with Crippen LogP contribution in [0.4, 0.5) is 11.6 Å². The van der Waals surface area contributed by atoms with Crippen LogP contribution in [0.25, 0.3) is 11.0 Å². The van der Waals surface area contributed by atoms with Crippen molar-refractivity contribution in [2.45, 2.75) is 45.1 Å². The average molecular weight is 288 g/mol. The van der Waals surface area contributed by atoms with E-state index in [4.69, 9.17) is 0 Å². The van der Waals surface area contributed by atoms with Crippen molar-refractivity contribution >= 4 is 22.7 Å². The van der Waals surface area contributed by atoms with Gasteiger partial charge in [0.2, 0.25) is 5.95 Å². The molecule has 6 heteroatoms. The van der Waals surface area contributed by atoms with E-state index in [1.165, 1.54) is 37.8 Å². The van der Waals surface area contributed by atoms with Gasteiger partial charge in [-0.3, -0.25) is 10.1 Å². The maximum atomic E-state index is 10.8. The molecule has 1 saturated carbocycles. The maximum Gasteiger partial charge on any atom is 0.271 e. The number of nitrogens with one attached hydrogen (secondary N) is 2. The third-order valence-corrected chi connectivity index (χ3v) is 4.43. The lowest BCUT2D eigenvalue weighted by Crippen LogP contribution is -2.32. The molecule has 1 aliphatic rings. The molecule has 1 heterocycles. The Morgan fingerprint density at radius 1 is 1.43 bits per heavy atom. The van der Waals surface area contributed by atoms with Crippen LogP contribution >= 0.6 is 0 Å². The zero-order chi connectivity index (χ0) is 14.8. The SMILES string of the molecule is CCC1CCCCC1Nc1nc2ccc([N+](=O)[O-])cc2[nH]1. The second kappa shape index (κ2) is 5.71. The standard InChI is InChI=1S/C15H20N4O2/c1-2-10-5-3-4-6-12(10)16-15-17-13-8-7-11(19(20)21)9-14(13)18-15/h7-10,12H,2-6H2,1H3,(H2,16,17,18). The summed E-state index contributed by atoms with van der Waals surface area (Å²) >= 11 is 0. The molecule has 0 bridgehead atoms. The first kappa shape index (κ1) is 13.9. The third kappa shape index (κ3) is 2.84. The third-order valence-electron chi connectivity index (χ3n) is 4.43. The van der Waals surface area contributed by atoms with Gasteiger partial charge in [-0.1, -0.05) is 26.2 Å². The number of benzene rings is 1. The van der Waals surface area contributed by atoms with Crippen molar-refractivity contribution in [3.63, 3.8) is 0 Å². The van der Waals surface area contributed by atoms with Gasteiger partial charge in [0.05, 0.1) is 16.0 Å². The van der Waals surface area contributed by atoms with Crippen LogP contribution in [0.15, 0.2) is 18.2 Å². The lowest BCUT2D eigenvalue weighted by Gasteiger charge is -2.31. The summed E-state index contributed by atoms with van der Waals surface area (Å²) < 4.78 is 0. The fourth-order valence-electron chi connectivity index (χ4n) is 3.24. The summed E-state index contributed by atoms with van der Waals surface area (Å²) in [6.07, 6.45) is 6.15. The van der Waals surface area contributed by atoms with Gasteiger partial charge in [0.1, 0.15) is 0 Å². The molecular formula is C15H20N4O2. The van der Waals surface area contributed by atoms with Gasteiger partial charge < -0.3 is 10.3 Å². The van der Waals surface area contributed by atoms with Crippen LogP contribution in [-0.2, 0) is 0 Å². The van der Waals surface area contributed by atoms with E-state index in [9.17, 15) is 10.1 Å². The van der Waals surface area contributed by atoms with Crippen LogP contribution < -0.4 is 5.32 Å². The number of non-ortho nitro benzene ring substituents is 1.